The van der Waals surface area contributed by atoms with Crippen molar-refractivity contribution in [3.8, 4) is 17.6 Å². The van der Waals surface area contributed by atoms with Crippen molar-refractivity contribution < 1.29 is 37.1 Å². The largest absolute Gasteiger partial charge is 0.419 e. The van der Waals surface area contributed by atoms with E-state index in [1.165, 1.54) is 30.1 Å². The Bertz CT molecular complexity index is 1420. The van der Waals surface area contributed by atoms with E-state index in [0.29, 0.717) is 5.56 Å². The highest BCUT2D eigenvalue weighted by Crippen LogP contribution is 2.35. The van der Waals surface area contributed by atoms with Gasteiger partial charge in [0.05, 0.1) is 5.56 Å². The number of carbonyl (C=O) groups excluding carboxylic acids is 4. The van der Waals surface area contributed by atoms with Gasteiger partial charge >= 0.3 is 12.3 Å². The van der Waals surface area contributed by atoms with Gasteiger partial charge in [-0.1, -0.05) is 17.9 Å². The van der Waals surface area contributed by atoms with Crippen LogP contribution in [0.1, 0.15) is 52.7 Å². The summed E-state index contributed by atoms with van der Waals surface area (Å²) in [5.41, 5.74) is -0.0549. The first-order chi connectivity index (χ1) is 18.0. The van der Waals surface area contributed by atoms with Gasteiger partial charge in [0.15, 0.2) is 0 Å². The fraction of sp³-hybridized carbons (Fsp3) is 0.333. The zero-order chi connectivity index (χ0) is 27.2. The number of hydrogen-bond donors (Lipinski definition) is 1. The lowest BCUT2D eigenvalue weighted by atomic mass is 10.0. The van der Waals surface area contributed by atoms with Crippen LogP contribution in [0.5, 0.6) is 5.75 Å². The van der Waals surface area contributed by atoms with Gasteiger partial charge in [-0.3, -0.25) is 24.6 Å². The van der Waals surface area contributed by atoms with Crippen molar-refractivity contribution in [3.05, 3.63) is 58.7 Å². The summed E-state index contributed by atoms with van der Waals surface area (Å²) in [5.74, 6) is 4.22. The predicted molar refractivity (Wildman–Crippen MR) is 128 cm³/mol. The molecule has 2 aromatic carbocycles. The van der Waals surface area contributed by atoms with Crippen LogP contribution in [0.4, 0.5) is 23.7 Å². The normalized spacial score (nSPS) is 18.9. The number of fused-ring (bicyclic) bond motifs is 1. The molecule has 4 amide bonds. The molecule has 2 fully saturated rings. The monoisotopic (exact) mass is 525 g/mol. The molecule has 3 aliphatic rings. The van der Waals surface area contributed by atoms with Crippen molar-refractivity contribution in [1.29, 1.82) is 0 Å². The van der Waals surface area contributed by atoms with Crippen LogP contribution in [0.15, 0.2) is 36.4 Å². The second kappa shape index (κ2) is 9.52. The third-order valence-corrected chi connectivity index (χ3v) is 6.66. The molecule has 196 valence electrons. The number of ether oxygens (including phenoxy) is 1. The van der Waals surface area contributed by atoms with Gasteiger partial charge in [-0.15, -0.1) is 0 Å². The first-order valence-corrected chi connectivity index (χ1v) is 12.0. The van der Waals surface area contributed by atoms with Gasteiger partial charge < -0.3 is 9.64 Å². The van der Waals surface area contributed by atoms with E-state index in [2.05, 4.69) is 17.2 Å². The zero-order valence-corrected chi connectivity index (χ0v) is 20.2. The van der Waals surface area contributed by atoms with Gasteiger partial charge in [-0.05, 0) is 55.2 Å². The molecule has 1 N–H and O–H groups in total. The van der Waals surface area contributed by atoms with E-state index in [4.69, 9.17) is 4.74 Å². The fourth-order valence-electron chi connectivity index (χ4n) is 4.37. The van der Waals surface area contributed by atoms with E-state index >= 15 is 0 Å². The van der Waals surface area contributed by atoms with Crippen molar-refractivity contribution in [2.24, 2.45) is 5.92 Å². The maximum atomic E-state index is 13.5. The molecule has 0 spiro atoms. The van der Waals surface area contributed by atoms with Crippen LogP contribution in [0.2, 0.25) is 0 Å². The summed E-state index contributed by atoms with van der Waals surface area (Å²) >= 11 is 0. The molecular weight excluding hydrogens is 503 g/mol. The van der Waals surface area contributed by atoms with Gasteiger partial charge in [0.2, 0.25) is 11.8 Å². The highest BCUT2D eigenvalue weighted by molar-refractivity contribution is 6.05. The molecule has 2 aromatic rings. The number of benzene rings is 2. The molecule has 1 saturated carbocycles. The Balaban J connectivity index is 1.31. The number of carbonyl (C=O) groups is 4. The minimum atomic E-state index is -4.59. The standard InChI is InChI=1S/C27H22F3N3O5/c1-32(18-7-9-21(27(28,29)30)16(12-18)5-4-15-2-3-15)26(37)38-19-8-6-17-14-33(25(36)20(17)13-19)22-10-11-23(34)31-24(22)35/h6-9,12-13,15,22H,2-3,10-11,14H2,1H3,(H,31,34,35). The van der Waals surface area contributed by atoms with Gasteiger partial charge in [-0.2, -0.15) is 13.2 Å². The third kappa shape index (κ3) is 5.07. The van der Waals surface area contributed by atoms with Gasteiger partial charge in [0, 0.05) is 42.7 Å². The van der Waals surface area contributed by atoms with Crippen LogP contribution >= 0.6 is 0 Å². The maximum absolute atomic E-state index is 13.5. The lowest BCUT2D eigenvalue weighted by Crippen LogP contribution is -2.52. The summed E-state index contributed by atoms with van der Waals surface area (Å²) in [6.45, 7) is 0.171. The number of alkyl halides is 3. The fourth-order valence-corrected chi connectivity index (χ4v) is 4.37. The summed E-state index contributed by atoms with van der Waals surface area (Å²) < 4.78 is 45.8. The van der Waals surface area contributed by atoms with E-state index in [9.17, 15) is 32.3 Å². The number of imide groups is 1. The molecule has 1 atom stereocenters. The Morgan fingerprint density at radius 3 is 2.55 bits per heavy atom. The summed E-state index contributed by atoms with van der Waals surface area (Å²) in [6.07, 6.45) is -3.41. The van der Waals surface area contributed by atoms with Crippen molar-refractivity contribution in [3.63, 3.8) is 0 Å². The van der Waals surface area contributed by atoms with E-state index in [1.54, 1.807) is 6.07 Å². The van der Waals surface area contributed by atoms with Crippen molar-refractivity contribution >= 4 is 29.5 Å². The Kier molecular flexibility index (Phi) is 6.34. The van der Waals surface area contributed by atoms with Gasteiger partial charge in [0.25, 0.3) is 5.91 Å². The number of nitrogens with one attached hydrogen (secondary N) is 1. The van der Waals surface area contributed by atoms with E-state index in [1.807, 2.05) is 0 Å². The summed E-state index contributed by atoms with van der Waals surface area (Å²) in [6, 6.07) is 6.94. The molecular formula is C27H22F3N3O5. The van der Waals surface area contributed by atoms with Gasteiger partial charge in [0.1, 0.15) is 11.8 Å². The van der Waals surface area contributed by atoms with Crippen LogP contribution in [-0.2, 0) is 22.3 Å². The minimum absolute atomic E-state index is 0.0553. The summed E-state index contributed by atoms with van der Waals surface area (Å²) in [5, 5.41) is 2.23. The van der Waals surface area contributed by atoms with Crippen LogP contribution < -0.4 is 15.0 Å². The Labute approximate surface area is 215 Å². The lowest BCUT2D eigenvalue weighted by Gasteiger charge is -2.29. The molecule has 2 heterocycles. The zero-order valence-electron chi connectivity index (χ0n) is 20.2. The van der Waals surface area contributed by atoms with Crippen LogP contribution in [0.3, 0.4) is 0 Å². The van der Waals surface area contributed by atoms with Crippen LogP contribution in [0, 0.1) is 17.8 Å². The number of halogens is 3. The molecule has 1 saturated heterocycles. The molecule has 0 radical (unpaired) electrons. The molecule has 11 heteroatoms. The van der Waals surface area contributed by atoms with E-state index in [-0.39, 0.29) is 53.8 Å². The molecule has 8 nitrogen and oxygen atoms in total. The Morgan fingerprint density at radius 2 is 1.87 bits per heavy atom. The number of rotatable bonds is 3. The Hall–Kier alpha value is -4.33. The first kappa shape index (κ1) is 25.3. The number of amides is 4. The van der Waals surface area contributed by atoms with Crippen LogP contribution in [0.25, 0.3) is 0 Å². The van der Waals surface area contributed by atoms with Crippen molar-refractivity contribution in [2.75, 3.05) is 11.9 Å². The average molecular weight is 525 g/mol. The first-order valence-electron chi connectivity index (χ1n) is 12.0. The predicted octanol–water partition coefficient (Wildman–Crippen LogP) is 3.86. The summed E-state index contributed by atoms with van der Waals surface area (Å²) in [7, 11) is 1.35. The quantitative estimate of drug-likeness (QED) is 0.485. The molecule has 1 unspecified atom stereocenters. The summed E-state index contributed by atoms with van der Waals surface area (Å²) in [4.78, 5) is 51.9. The number of nitrogens with zero attached hydrogens (tertiary/aromatic N) is 2. The number of piperidine rings is 1. The molecule has 0 aromatic heterocycles. The van der Waals surface area contributed by atoms with E-state index < -0.39 is 35.7 Å². The molecule has 2 aliphatic heterocycles. The second-order valence-corrected chi connectivity index (χ2v) is 9.42. The Morgan fingerprint density at radius 1 is 1.11 bits per heavy atom. The molecule has 0 bridgehead atoms. The molecule has 38 heavy (non-hydrogen) atoms. The topological polar surface area (TPSA) is 96.0 Å². The minimum Gasteiger partial charge on any atom is -0.410 e. The second-order valence-electron chi connectivity index (χ2n) is 9.42. The maximum Gasteiger partial charge on any atom is 0.419 e. The lowest BCUT2D eigenvalue weighted by molar-refractivity contribution is -0.138. The third-order valence-electron chi connectivity index (χ3n) is 6.66. The average Bonchev–Trinajstić information content (AvgIpc) is 3.64. The van der Waals surface area contributed by atoms with Crippen LogP contribution in [-0.4, -0.2) is 41.8 Å². The number of anilines is 1. The molecule has 5 rings (SSSR count). The number of hydrogen-bond acceptors (Lipinski definition) is 5. The molecule has 1 aliphatic carbocycles. The SMILES string of the molecule is CN(C(=O)Oc1ccc2c(c1)C(=O)N(C1CCC(=O)NC1=O)C2)c1ccc(C(F)(F)F)c(C#CC2CC2)c1. The van der Waals surface area contributed by atoms with Crippen molar-refractivity contribution in [1.82, 2.24) is 10.2 Å². The van der Waals surface area contributed by atoms with E-state index in [0.717, 1.165) is 29.9 Å². The highest BCUT2D eigenvalue weighted by Gasteiger charge is 2.39. The highest BCUT2D eigenvalue weighted by atomic mass is 19.4. The van der Waals surface area contributed by atoms with Crippen molar-refractivity contribution in [2.45, 2.75) is 44.4 Å². The smallest absolute Gasteiger partial charge is 0.410 e. The van der Waals surface area contributed by atoms with Gasteiger partial charge in [-0.25, -0.2) is 4.79 Å².